The Labute approximate surface area is 297 Å². The topological polar surface area (TPSA) is 103 Å². The van der Waals surface area contributed by atoms with E-state index in [1.165, 1.54) is 11.6 Å². The molecule has 49 heavy (non-hydrogen) atoms. The van der Waals surface area contributed by atoms with Crippen molar-refractivity contribution >= 4 is 51.5 Å². The van der Waals surface area contributed by atoms with Gasteiger partial charge >= 0.3 is 5.63 Å². The summed E-state index contributed by atoms with van der Waals surface area (Å²) in [5.41, 5.74) is 4.61. The SMILES string of the molecule is CC(C)=CCOc1cc(NC(=S)c2ccoc2C)ccc1Cl.CCCc1cc(=O)oc2c3c(c4c(c12)OC(C)(C)C=C4)O[C@@H](C)[C@H](C)[C@@H]3O. The maximum Gasteiger partial charge on any atom is 0.336 e. The van der Waals surface area contributed by atoms with Gasteiger partial charge in [-0.15, -0.1) is 0 Å². The van der Waals surface area contributed by atoms with Gasteiger partial charge in [0, 0.05) is 23.7 Å². The number of hydrogen-bond acceptors (Lipinski definition) is 8. The summed E-state index contributed by atoms with van der Waals surface area (Å²) in [6.07, 6.45) is 8.26. The quantitative estimate of drug-likeness (QED) is 0.110. The second kappa shape index (κ2) is 14.8. The fourth-order valence-corrected chi connectivity index (χ4v) is 6.29. The number of ether oxygens (including phenoxy) is 3. The first-order chi connectivity index (χ1) is 23.2. The Morgan fingerprint density at radius 3 is 2.59 bits per heavy atom. The maximum atomic E-state index is 12.3. The van der Waals surface area contributed by atoms with Gasteiger partial charge in [-0.2, -0.15) is 0 Å². The molecule has 8 nitrogen and oxygen atoms in total. The molecule has 4 aromatic rings. The van der Waals surface area contributed by atoms with Crippen LogP contribution in [0.4, 0.5) is 5.69 Å². The number of halogens is 1. The van der Waals surface area contributed by atoms with E-state index in [4.69, 9.17) is 46.9 Å². The molecule has 2 aliphatic rings. The van der Waals surface area contributed by atoms with E-state index in [-0.39, 0.29) is 12.0 Å². The number of aryl methyl sites for hydroxylation is 2. The van der Waals surface area contributed by atoms with Crippen LogP contribution in [0.5, 0.6) is 17.2 Å². The van der Waals surface area contributed by atoms with Crippen molar-refractivity contribution in [2.24, 2.45) is 5.92 Å². The van der Waals surface area contributed by atoms with Gasteiger partial charge in [0.2, 0.25) is 0 Å². The first-order valence-corrected chi connectivity index (χ1v) is 17.3. The number of anilines is 1. The summed E-state index contributed by atoms with van der Waals surface area (Å²) in [6.45, 7) is 16.3. The van der Waals surface area contributed by atoms with E-state index < -0.39 is 17.3 Å². The van der Waals surface area contributed by atoms with Crippen LogP contribution in [0.15, 0.2) is 67.9 Å². The molecule has 0 amide bonds. The smallest absolute Gasteiger partial charge is 0.336 e. The van der Waals surface area contributed by atoms with Crippen LogP contribution in [-0.4, -0.2) is 28.4 Å². The van der Waals surface area contributed by atoms with Gasteiger partial charge in [-0.25, -0.2) is 4.79 Å². The molecule has 0 bridgehead atoms. The molecule has 0 radical (unpaired) electrons. The molecule has 0 saturated heterocycles. The molecular formula is C39H44ClNO7S. The zero-order valence-corrected chi connectivity index (χ0v) is 30.8. The Bertz CT molecular complexity index is 1990. The second-order valence-corrected chi connectivity index (χ2v) is 14.1. The minimum absolute atomic E-state index is 0.121. The Balaban J connectivity index is 0.000000196. The number of thiocarbonyl (C=S) groups is 1. The number of nitrogens with one attached hydrogen (secondary N) is 1. The second-order valence-electron chi connectivity index (χ2n) is 13.3. The normalized spacial score (nSPS) is 18.6. The van der Waals surface area contributed by atoms with Crippen molar-refractivity contribution in [1.29, 1.82) is 0 Å². The summed E-state index contributed by atoms with van der Waals surface area (Å²) < 4.78 is 29.1. The van der Waals surface area contributed by atoms with Crippen molar-refractivity contribution in [1.82, 2.24) is 0 Å². The van der Waals surface area contributed by atoms with Crippen LogP contribution in [-0.2, 0) is 6.42 Å². The highest BCUT2D eigenvalue weighted by molar-refractivity contribution is 7.81. The molecule has 2 N–H and O–H groups in total. The molecule has 4 heterocycles. The summed E-state index contributed by atoms with van der Waals surface area (Å²) in [4.78, 5) is 12.9. The third-order valence-corrected chi connectivity index (χ3v) is 9.28. The van der Waals surface area contributed by atoms with Gasteiger partial charge in [0.1, 0.15) is 46.3 Å². The van der Waals surface area contributed by atoms with Crippen molar-refractivity contribution in [3.05, 3.63) is 97.8 Å². The van der Waals surface area contributed by atoms with Crippen LogP contribution >= 0.6 is 23.8 Å². The molecule has 6 rings (SSSR count). The van der Waals surface area contributed by atoms with E-state index in [1.807, 2.05) is 84.9 Å². The molecule has 2 aliphatic heterocycles. The standard InChI is InChI=1S/C22H26O5.C17H18ClNO2S/c1-6-7-13-10-15(23)26-21-16(13)20-14(8-9-22(4,5)27-20)19-17(21)18(24)11(2)12(3)25-19;1-11(2)6-8-21-16-10-13(4-5-15(16)18)19-17(22)14-7-9-20-12(14)3/h8-12,18,24H,6-7H2,1-5H3;4-7,9-10H,8H2,1-3H3,(H,19,22)/t11-,12-,18-;/m0./s1. The lowest BCUT2D eigenvalue weighted by Gasteiger charge is -2.37. The molecule has 2 aromatic carbocycles. The van der Waals surface area contributed by atoms with E-state index in [0.717, 1.165) is 46.4 Å². The van der Waals surface area contributed by atoms with Gasteiger partial charge in [-0.05, 0) is 90.0 Å². The monoisotopic (exact) mass is 705 g/mol. The molecule has 2 aromatic heterocycles. The fourth-order valence-electron chi connectivity index (χ4n) is 5.79. The highest BCUT2D eigenvalue weighted by atomic mass is 35.5. The van der Waals surface area contributed by atoms with Crippen molar-refractivity contribution in [2.45, 2.75) is 86.0 Å². The average molecular weight is 706 g/mol. The molecule has 0 unspecified atom stereocenters. The lowest BCUT2D eigenvalue weighted by atomic mass is 9.85. The summed E-state index contributed by atoms with van der Waals surface area (Å²) >= 11 is 11.5. The summed E-state index contributed by atoms with van der Waals surface area (Å²) in [5.74, 6) is 2.50. The molecule has 3 atom stereocenters. The zero-order chi connectivity index (χ0) is 35.6. The van der Waals surface area contributed by atoms with Crippen molar-refractivity contribution in [3.63, 3.8) is 0 Å². The van der Waals surface area contributed by atoms with Crippen LogP contribution in [0.1, 0.15) is 89.0 Å². The number of hydrogen-bond donors (Lipinski definition) is 2. The molecule has 0 aliphatic carbocycles. The average Bonchev–Trinajstić information content (AvgIpc) is 3.46. The predicted molar refractivity (Wildman–Crippen MR) is 200 cm³/mol. The number of aliphatic hydroxyl groups excluding tert-OH is 1. The third-order valence-electron chi connectivity index (χ3n) is 8.65. The molecular weight excluding hydrogens is 662 g/mol. The first kappa shape index (κ1) is 36.2. The molecule has 10 heteroatoms. The van der Waals surface area contributed by atoms with E-state index in [2.05, 4.69) is 12.2 Å². The Hall–Kier alpha value is -4.05. The predicted octanol–water partition coefficient (Wildman–Crippen LogP) is 9.75. The van der Waals surface area contributed by atoms with E-state index in [1.54, 1.807) is 12.3 Å². The van der Waals surface area contributed by atoms with Crippen molar-refractivity contribution in [2.75, 3.05) is 11.9 Å². The lowest BCUT2D eigenvalue weighted by molar-refractivity contribution is 0.0173. The Morgan fingerprint density at radius 2 is 1.92 bits per heavy atom. The summed E-state index contributed by atoms with van der Waals surface area (Å²) in [7, 11) is 0. The largest absolute Gasteiger partial charge is 0.489 e. The van der Waals surface area contributed by atoms with Crippen LogP contribution in [0.3, 0.4) is 0 Å². The van der Waals surface area contributed by atoms with E-state index in [9.17, 15) is 9.90 Å². The lowest BCUT2D eigenvalue weighted by Crippen LogP contribution is -2.34. The molecule has 0 spiro atoms. The van der Waals surface area contributed by atoms with E-state index in [0.29, 0.717) is 45.0 Å². The Kier molecular flexibility index (Phi) is 11.0. The van der Waals surface area contributed by atoms with Crippen LogP contribution < -0.4 is 25.2 Å². The number of benzene rings is 2. The fraction of sp³-hybridized carbons (Fsp3) is 0.385. The summed E-state index contributed by atoms with van der Waals surface area (Å²) in [5, 5.41) is 15.5. The minimum atomic E-state index is -0.778. The number of furan rings is 1. The van der Waals surface area contributed by atoms with Crippen LogP contribution in [0, 0.1) is 12.8 Å². The minimum Gasteiger partial charge on any atom is -0.489 e. The molecule has 0 saturated carbocycles. The zero-order valence-electron chi connectivity index (χ0n) is 29.2. The van der Waals surface area contributed by atoms with Crippen molar-refractivity contribution in [3.8, 4) is 17.2 Å². The van der Waals surface area contributed by atoms with Gasteiger partial charge in [-0.1, -0.05) is 49.7 Å². The maximum absolute atomic E-state index is 12.3. The van der Waals surface area contributed by atoms with Gasteiger partial charge < -0.3 is 33.5 Å². The highest BCUT2D eigenvalue weighted by Crippen LogP contribution is 2.52. The molecule has 0 fully saturated rings. The number of fused-ring (bicyclic) bond motifs is 6. The number of aliphatic hydroxyl groups is 1. The number of rotatable bonds is 7. The highest BCUT2D eigenvalue weighted by Gasteiger charge is 2.39. The molecule has 260 valence electrons. The first-order valence-electron chi connectivity index (χ1n) is 16.5. The third kappa shape index (κ3) is 7.90. The van der Waals surface area contributed by atoms with Crippen molar-refractivity contribution < 1.29 is 28.2 Å². The number of allylic oxidation sites excluding steroid dienone is 1. The van der Waals surface area contributed by atoms with Gasteiger partial charge in [0.15, 0.2) is 5.58 Å². The van der Waals surface area contributed by atoms with Gasteiger partial charge in [0.25, 0.3) is 0 Å². The van der Waals surface area contributed by atoms with Gasteiger partial charge in [0.05, 0.1) is 39.5 Å². The van der Waals surface area contributed by atoms with Crippen LogP contribution in [0.25, 0.3) is 17.0 Å². The van der Waals surface area contributed by atoms with Crippen LogP contribution in [0.2, 0.25) is 5.02 Å². The summed E-state index contributed by atoms with van der Waals surface area (Å²) in [6, 6.07) is 8.86. The van der Waals surface area contributed by atoms with Gasteiger partial charge in [-0.3, -0.25) is 0 Å². The van der Waals surface area contributed by atoms with E-state index >= 15 is 0 Å². The Morgan fingerprint density at radius 1 is 1.16 bits per heavy atom.